The normalized spacial score (nSPS) is 22.0. The van der Waals surface area contributed by atoms with E-state index in [9.17, 15) is 18.8 Å². The minimum atomic E-state index is -0.532. The second kappa shape index (κ2) is 7.29. The molecule has 1 N–H and O–H groups in total. The van der Waals surface area contributed by atoms with Crippen molar-refractivity contribution in [3.8, 4) is 0 Å². The molecule has 0 bridgehead atoms. The zero-order chi connectivity index (χ0) is 18.0. The molecular weight excluding hydrogens is 325 g/mol. The molecule has 1 aromatic rings. The lowest BCUT2D eigenvalue weighted by atomic mass is 9.91. The summed E-state index contributed by atoms with van der Waals surface area (Å²) in [6, 6.07) is 1.35. The predicted molar refractivity (Wildman–Crippen MR) is 89.6 cm³/mol. The highest BCUT2D eigenvalue weighted by molar-refractivity contribution is 6.00. The lowest BCUT2D eigenvalue weighted by Crippen LogP contribution is -2.39. The number of carbonyl (C=O) groups is 3. The number of ketones is 1. The third kappa shape index (κ3) is 4.03. The molecule has 3 rings (SSSR count). The first-order valence-electron chi connectivity index (χ1n) is 8.67. The van der Waals surface area contributed by atoms with Crippen LogP contribution < -0.4 is 10.2 Å². The Hall–Kier alpha value is -2.31. The van der Waals surface area contributed by atoms with Crippen LogP contribution in [-0.2, 0) is 14.4 Å². The van der Waals surface area contributed by atoms with Gasteiger partial charge in [-0.25, -0.2) is 9.37 Å². The van der Waals surface area contributed by atoms with E-state index in [1.807, 2.05) is 4.90 Å². The van der Waals surface area contributed by atoms with Gasteiger partial charge in [0, 0.05) is 32.1 Å². The van der Waals surface area contributed by atoms with E-state index in [-0.39, 0.29) is 23.9 Å². The summed E-state index contributed by atoms with van der Waals surface area (Å²) in [6.07, 6.45) is 4.43. The van der Waals surface area contributed by atoms with E-state index in [4.69, 9.17) is 0 Å². The first-order chi connectivity index (χ1) is 11.9. The summed E-state index contributed by atoms with van der Waals surface area (Å²) in [5, 5.41) is 2.28. The van der Waals surface area contributed by atoms with Gasteiger partial charge in [-0.05, 0) is 43.7 Å². The zero-order valence-corrected chi connectivity index (χ0v) is 14.3. The van der Waals surface area contributed by atoms with Crippen LogP contribution in [0, 0.1) is 11.7 Å². The number of pyridine rings is 1. The number of piperidine rings is 2. The first kappa shape index (κ1) is 17.5. The summed E-state index contributed by atoms with van der Waals surface area (Å²) in [6.45, 7) is 2.93. The molecule has 1 unspecified atom stereocenters. The van der Waals surface area contributed by atoms with Crippen molar-refractivity contribution < 1.29 is 18.8 Å². The fourth-order valence-electron chi connectivity index (χ4n) is 3.64. The van der Waals surface area contributed by atoms with Crippen molar-refractivity contribution in [2.45, 2.75) is 44.9 Å². The van der Waals surface area contributed by atoms with Gasteiger partial charge in [-0.2, -0.15) is 0 Å². The molecule has 25 heavy (non-hydrogen) atoms. The fraction of sp³-hybridized carbons (Fsp3) is 0.556. The molecule has 2 fully saturated rings. The van der Waals surface area contributed by atoms with Crippen molar-refractivity contribution in [3.05, 3.63) is 23.6 Å². The molecule has 7 heteroatoms. The lowest BCUT2D eigenvalue weighted by molar-refractivity contribution is -0.134. The number of anilines is 1. The van der Waals surface area contributed by atoms with Crippen LogP contribution in [0.4, 0.5) is 10.2 Å². The van der Waals surface area contributed by atoms with Crippen LogP contribution in [0.1, 0.15) is 50.5 Å². The van der Waals surface area contributed by atoms with E-state index in [0.717, 1.165) is 12.8 Å². The van der Waals surface area contributed by atoms with Crippen molar-refractivity contribution in [1.82, 2.24) is 10.3 Å². The number of hydrogen-bond acceptors (Lipinski definition) is 5. The Bertz CT molecular complexity index is 699. The molecule has 2 amide bonds. The Labute approximate surface area is 145 Å². The van der Waals surface area contributed by atoms with E-state index in [1.165, 1.54) is 12.3 Å². The quantitative estimate of drug-likeness (QED) is 0.842. The van der Waals surface area contributed by atoms with Gasteiger partial charge in [0.15, 0.2) is 11.6 Å². The van der Waals surface area contributed by atoms with Gasteiger partial charge in [0.05, 0.1) is 5.92 Å². The molecule has 6 nitrogen and oxygen atoms in total. The summed E-state index contributed by atoms with van der Waals surface area (Å²) in [5.41, 5.74) is 0.498. The molecule has 0 saturated carbocycles. The highest BCUT2D eigenvalue weighted by Gasteiger charge is 2.29. The second-order valence-electron chi connectivity index (χ2n) is 6.91. The molecule has 0 aromatic carbocycles. The Morgan fingerprint density at radius 2 is 2.04 bits per heavy atom. The summed E-state index contributed by atoms with van der Waals surface area (Å²) in [5.74, 6) is -0.828. The number of amides is 2. The molecule has 134 valence electrons. The number of nitrogens with one attached hydrogen (secondary N) is 1. The topological polar surface area (TPSA) is 79.4 Å². The van der Waals surface area contributed by atoms with Crippen molar-refractivity contribution in [2.75, 3.05) is 18.0 Å². The Balaban J connectivity index is 1.68. The molecule has 2 saturated heterocycles. The number of imide groups is 1. The van der Waals surface area contributed by atoms with Crippen molar-refractivity contribution in [2.24, 2.45) is 5.92 Å². The number of halogens is 1. The number of Topliss-reactive ketones (excluding diaryl/α,β-unsaturated/α-hetero) is 1. The Kier molecular flexibility index (Phi) is 5.11. The molecule has 0 spiro atoms. The molecule has 1 aromatic heterocycles. The second-order valence-corrected chi connectivity index (χ2v) is 6.91. The van der Waals surface area contributed by atoms with Crippen molar-refractivity contribution in [3.63, 3.8) is 0 Å². The third-order valence-electron chi connectivity index (χ3n) is 4.97. The van der Waals surface area contributed by atoms with Gasteiger partial charge in [0.25, 0.3) is 0 Å². The fourth-order valence-corrected chi connectivity index (χ4v) is 3.64. The summed E-state index contributed by atoms with van der Waals surface area (Å²) < 4.78 is 14.5. The maximum atomic E-state index is 14.5. The van der Waals surface area contributed by atoms with Crippen LogP contribution in [0.2, 0.25) is 0 Å². The first-order valence-corrected chi connectivity index (χ1v) is 8.67. The van der Waals surface area contributed by atoms with E-state index in [0.29, 0.717) is 37.4 Å². The third-order valence-corrected chi connectivity index (χ3v) is 4.97. The summed E-state index contributed by atoms with van der Waals surface area (Å²) in [7, 11) is 0. The van der Waals surface area contributed by atoms with Gasteiger partial charge < -0.3 is 9.69 Å². The Morgan fingerprint density at radius 1 is 1.32 bits per heavy atom. The van der Waals surface area contributed by atoms with Crippen molar-refractivity contribution >= 4 is 23.4 Å². The number of nitrogens with zero attached hydrogens (tertiary/aromatic N) is 2. The number of aromatic nitrogens is 1. The van der Waals surface area contributed by atoms with Gasteiger partial charge in [-0.15, -0.1) is 0 Å². The molecule has 0 aliphatic carbocycles. The zero-order valence-electron chi connectivity index (χ0n) is 14.3. The van der Waals surface area contributed by atoms with E-state index >= 15 is 0 Å². The van der Waals surface area contributed by atoms with Crippen LogP contribution >= 0.6 is 0 Å². The van der Waals surface area contributed by atoms with Crippen LogP contribution in [0.25, 0.3) is 0 Å². The lowest BCUT2D eigenvalue weighted by Gasteiger charge is -2.32. The molecule has 2 aliphatic heterocycles. The maximum absolute atomic E-state index is 14.5. The molecule has 3 heterocycles. The number of hydrogen-bond donors (Lipinski definition) is 1. The average Bonchev–Trinajstić information content (AvgIpc) is 2.55. The standard InChI is InChI=1S/C18H22FN3O3/c1-11(23)8-12-4-6-22(7-5-12)17-15(19)9-13(10-20-17)14-2-3-16(24)21-18(14)25/h9-10,12,14H,2-8H2,1H3,(H,21,24,25). The van der Waals surface area contributed by atoms with Crippen LogP contribution in [0.5, 0.6) is 0 Å². The Morgan fingerprint density at radius 3 is 2.64 bits per heavy atom. The van der Waals surface area contributed by atoms with Gasteiger partial charge in [0.2, 0.25) is 11.8 Å². The van der Waals surface area contributed by atoms with Crippen LogP contribution in [-0.4, -0.2) is 35.7 Å². The monoisotopic (exact) mass is 347 g/mol. The van der Waals surface area contributed by atoms with E-state index in [1.54, 1.807) is 6.92 Å². The van der Waals surface area contributed by atoms with E-state index in [2.05, 4.69) is 10.3 Å². The predicted octanol–water partition coefficient (Wildman–Crippen LogP) is 1.94. The number of rotatable bonds is 4. The molecular formula is C18H22FN3O3. The number of carbonyl (C=O) groups excluding carboxylic acids is 3. The van der Waals surface area contributed by atoms with Gasteiger partial charge in [0.1, 0.15) is 5.78 Å². The summed E-state index contributed by atoms with van der Waals surface area (Å²) >= 11 is 0. The molecule has 2 aliphatic rings. The SMILES string of the molecule is CC(=O)CC1CCN(c2ncc(C3CCC(=O)NC3=O)cc2F)CC1. The average molecular weight is 347 g/mol. The minimum absolute atomic E-state index is 0.191. The van der Waals surface area contributed by atoms with Crippen LogP contribution in [0.15, 0.2) is 12.3 Å². The van der Waals surface area contributed by atoms with Crippen molar-refractivity contribution in [1.29, 1.82) is 0 Å². The highest BCUT2D eigenvalue weighted by atomic mass is 19.1. The maximum Gasteiger partial charge on any atom is 0.234 e. The van der Waals surface area contributed by atoms with Gasteiger partial charge >= 0.3 is 0 Å². The van der Waals surface area contributed by atoms with Gasteiger partial charge in [-0.3, -0.25) is 14.9 Å². The highest BCUT2D eigenvalue weighted by Crippen LogP contribution is 2.29. The van der Waals surface area contributed by atoms with E-state index < -0.39 is 17.6 Å². The smallest absolute Gasteiger partial charge is 0.234 e. The van der Waals surface area contributed by atoms with Crippen LogP contribution in [0.3, 0.4) is 0 Å². The van der Waals surface area contributed by atoms with Gasteiger partial charge in [-0.1, -0.05) is 0 Å². The largest absolute Gasteiger partial charge is 0.354 e. The summed E-state index contributed by atoms with van der Waals surface area (Å²) in [4.78, 5) is 40.5. The molecule has 1 atom stereocenters. The molecule has 0 radical (unpaired) electrons. The minimum Gasteiger partial charge on any atom is -0.354 e.